The Morgan fingerprint density at radius 3 is 2.74 bits per heavy atom. The third-order valence-corrected chi connectivity index (χ3v) is 4.30. The number of hydrogen-bond donors (Lipinski definition) is 1. The Balaban J connectivity index is 2.32. The summed E-state index contributed by atoms with van der Waals surface area (Å²) in [5.74, 6) is 0.912. The van der Waals surface area contributed by atoms with Crippen molar-refractivity contribution in [1.29, 1.82) is 0 Å². The van der Waals surface area contributed by atoms with E-state index in [4.69, 9.17) is 12.2 Å². The van der Waals surface area contributed by atoms with Gasteiger partial charge in [0.1, 0.15) is 0 Å². The molecule has 3 rings (SSSR count). The highest BCUT2D eigenvalue weighted by Gasteiger charge is 2.21. The maximum Gasteiger partial charge on any atom is 0.195 e. The monoisotopic (exact) mass is 289 g/mol. The normalized spacial score (nSPS) is 12.2. The van der Waals surface area contributed by atoms with Crippen LogP contribution in [-0.4, -0.2) is 14.8 Å². The highest BCUT2D eigenvalue weighted by Crippen LogP contribution is 2.34. The minimum absolute atomic E-state index is 0.0948. The van der Waals surface area contributed by atoms with E-state index in [-0.39, 0.29) is 5.54 Å². The van der Waals surface area contributed by atoms with Gasteiger partial charge in [-0.2, -0.15) is 5.10 Å². The van der Waals surface area contributed by atoms with Gasteiger partial charge in [0.05, 0.1) is 0 Å². The standard InChI is InChI=1S/C14H15N3S2/c1-14(2,3)17-12(15-16-13(17)18)10-8-19-11-7-5-4-6-9(10)11/h4-8H,1-3H3,(H,16,18). The van der Waals surface area contributed by atoms with Crippen molar-refractivity contribution in [3.63, 3.8) is 0 Å². The number of nitrogens with one attached hydrogen (secondary N) is 1. The molecule has 0 saturated carbocycles. The van der Waals surface area contributed by atoms with E-state index < -0.39 is 0 Å². The predicted octanol–water partition coefficient (Wildman–Crippen LogP) is 4.58. The van der Waals surface area contributed by atoms with Crippen molar-refractivity contribution in [2.75, 3.05) is 0 Å². The Kier molecular flexibility index (Phi) is 2.83. The second-order valence-electron chi connectivity index (χ2n) is 5.50. The van der Waals surface area contributed by atoms with Gasteiger partial charge in [0.15, 0.2) is 10.6 Å². The first-order valence-electron chi connectivity index (χ1n) is 6.13. The molecular weight excluding hydrogens is 274 g/mol. The lowest BCUT2D eigenvalue weighted by molar-refractivity contribution is 0.395. The molecule has 0 radical (unpaired) electrons. The number of fused-ring (bicyclic) bond motifs is 1. The molecule has 0 amide bonds. The zero-order chi connectivity index (χ0) is 13.6. The number of aromatic nitrogens is 3. The summed E-state index contributed by atoms with van der Waals surface area (Å²) < 4.78 is 4.02. The fourth-order valence-corrected chi connectivity index (χ4v) is 3.60. The van der Waals surface area contributed by atoms with Gasteiger partial charge in [-0.05, 0) is 39.1 Å². The molecule has 0 aliphatic carbocycles. The van der Waals surface area contributed by atoms with Gasteiger partial charge in [0.2, 0.25) is 0 Å². The fraction of sp³-hybridized carbons (Fsp3) is 0.286. The van der Waals surface area contributed by atoms with Gasteiger partial charge in [-0.1, -0.05) is 18.2 Å². The molecule has 98 valence electrons. The Morgan fingerprint density at radius 1 is 1.26 bits per heavy atom. The third-order valence-electron chi connectivity index (χ3n) is 3.07. The minimum Gasteiger partial charge on any atom is -0.295 e. The lowest BCUT2D eigenvalue weighted by atomic mass is 10.1. The van der Waals surface area contributed by atoms with Gasteiger partial charge in [0, 0.05) is 26.6 Å². The third kappa shape index (κ3) is 2.03. The second kappa shape index (κ2) is 4.28. The SMILES string of the molecule is CC(C)(C)n1c(-c2csc3ccccc23)n[nH]c1=S. The molecule has 0 saturated heterocycles. The highest BCUT2D eigenvalue weighted by molar-refractivity contribution is 7.71. The second-order valence-corrected chi connectivity index (χ2v) is 6.80. The van der Waals surface area contributed by atoms with Crippen LogP contribution in [0, 0.1) is 4.77 Å². The largest absolute Gasteiger partial charge is 0.295 e. The van der Waals surface area contributed by atoms with Gasteiger partial charge in [-0.3, -0.25) is 9.67 Å². The highest BCUT2D eigenvalue weighted by atomic mass is 32.1. The van der Waals surface area contributed by atoms with Gasteiger partial charge >= 0.3 is 0 Å². The number of aromatic amines is 1. The summed E-state index contributed by atoms with van der Waals surface area (Å²) in [4.78, 5) is 0. The van der Waals surface area contributed by atoms with E-state index in [1.807, 2.05) is 0 Å². The molecule has 2 aromatic heterocycles. The molecule has 5 heteroatoms. The Morgan fingerprint density at radius 2 is 2.00 bits per heavy atom. The van der Waals surface area contributed by atoms with Crippen LogP contribution < -0.4 is 0 Å². The average molecular weight is 289 g/mol. The molecule has 19 heavy (non-hydrogen) atoms. The molecule has 0 unspecified atom stereocenters. The van der Waals surface area contributed by atoms with Crippen LogP contribution in [0.25, 0.3) is 21.5 Å². The first-order chi connectivity index (χ1) is 8.98. The summed E-state index contributed by atoms with van der Waals surface area (Å²) in [7, 11) is 0. The molecule has 0 atom stereocenters. The van der Waals surface area contributed by atoms with Crippen molar-refractivity contribution < 1.29 is 0 Å². The number of hydrogen-bond acceptors (Lipinski definition) is 3. The van der Waals surface area contributed by atoms with Crippen LogP contribution in [0.2, 0.25) is 0 Å². The lowest BCUT2D eigenvalue weighted by Crippen LogP contribution is -2.22. The lowest BCUT2D eigenvalue weighted by Gasteiger charge is -2.22. The van der Waals surface area contributed by atoms with Crippen molar-refractivity contribution in [3.8, 4) is 11.4 Å². The number of nitrogens with zero attached hydrogens (tertiary/aromatic N) is 2. The molecule has 3 aromatic rings. The molecule has 0 spiro atoms. The summed E-state index contributed by atoms with van der Waals surface area (Å²) in [6.45, 7) is 6.41. The van der Waals surface area contributed by atoms with E-state index in [1.165, 1.54) is 10.1 Å². The van der Waals surface area contributed by atoms with Crippen molar-refractivity contribution in [2.24, 2.45) is 0 Å². The van der Waals surface area contributed by atoms with Gasteiger partial charge in [0.25, 0.3) is 0 Å². The zero-order valence-corrected chi connectivity index (χ0v) is 12.7. The van der Waals surface area contributed by atoms with E-state index in [0.29, 0.717) is 4.77 Å². The summed E-state index contributed by atoms with van der Waals surface area (Å²) in [5, 5.41) is 10.7. The first-order valence-corrected chi connectivity index (χ1v) is 7.42. The van der Waals surface area contributed by atoms with Crippen LogP contribution in [0.3, 0.4) is 0 Å². The summed E-state index contributed by atoms with van der Waals surface area (Å²) in [6.07, 6.45) is 0. The van der Waals surface area contributed by atoms with Crippen molar-refractivity contribution in [2.45, 2.75) is 26.3 Å². The van der Waals surface area contributed by atoms with Crippen LogP contribution in [0.4, 0.5) is 0 Å². The van der Waals surface area contributed by atoms with Crippen LogP contribution >= 0.6 is 23.6 Å². The smallest absolute Gasteiger partial charge is 0.195 e. The van der Waals surface area contributed by atoms with E-state index in [1.54, 1.807) is 11.3 Å². The maximum absolute atomic E-state index is 5.37. The summed E-state index contributed by atoms with van der Waals surface area (Å²) >= 11 is 7.10. The topological polar surface area (TPSA) is 33.6 Å². The van der Waals surface area contributed by atoms with Gasteiger partial charge < -0.3 is 0 Å². The van der Waals surface area contributed by atoms with Gasteiger partial charge in [-0.25, -0.2) is 0 Å². The summed E-state index contributed by atoms with van der Waals surface area (Å²) in [6, 6.07) is 8.38. The van der Waals surface area contributed by atoms with Crippen molar-refractivity contribution in [3.05, 3.63) is 34.4 Å². The van der Waals surface area contributed by atoms with Crippen LogP contribution in [0.1, 0.15) is 20.8 Å². The van der Waals surface area contributed by atoms with Crippen LogP contribution in [0.15, 0.2) is 29.6 Å². The van der Waals surface area contributed by atoms with E-state index >= 15 is 0 Å². The predicted molar refractivity (Wildman–Crippen MR) is 83.2 cm³/mol. The average Bonchev–Trinajstić information content (AvgIpc) is 2.91. The van der Waals surface area contributed by atoms with Crippen LogP contribution in [-0.2, 0) is 5.54 Å². The molecule has 0 aliphatic heterocycles. The molecule has 0 aliphatic rings. The molecule has 2 heterocycles. The van der Waals surface area contributed by atoms with E-state index in [9.17, 15) is 0 Å². The van der Waals surface area contributed by atoms with Crippen LogP contribution in [0.5, 0.6) is 0 Å². The molecule has 0 bridgehead atoms. The molecular formula is C14H15N3S2. The zero-order valence-electron chi connectivity index (χ0n) is 11.1. The van der Waals surface area contributed by atoms with E-state index in [0.717, 1.165) is 11.4 Å². The van der Waals surface area contributed by atoms with Crippen molar-refractivity contribution in [1.82, 2.24) is 14.8 Å². The molecule has 0 fully saturated rings. The molecule has 1 N–H and O–H groups in total. The van der Waals surface area contributed by atoms with E-state index in [2.05, 4.69) is 65.2 Å². The number of rotatable bonds is 1. The molecule has 1 aromatic carbocycles. The number of H-pyrrole nitrogens is 1. The Bertz CT molecular complexity index is 787. The Labute approximate surface area is 120 Å². The first kappa shape index (κ1) is 12.6. The number of thiophene rings is 1. The van der Waals surface area contributed by atoms with Crippen molar-refractivity contribution >= 4 is 33.6 Å². The fourth-order valence-electron chi connectivity index (χ4n) is 2.25. The molecule has 3 nitrogen and oxygen atoms in total. The quantitative estimate of drug-likeness (QED) is 0.665. The summed E-state index contributed by atoms with van der Waals surface area (Å²) in [5.41, 5.74) is 1.05. The van der Waals surface area contributed by atoms with Gasteiger partial charge in [-0.15, -0.1) is 11.3 Å². The number of benzene rings is 1. The Hall–Kier alpha value is -1.46. The minimum atomic E-state index is -0.0948. The maximum atomic E-state index is 5.37.